The van der Waals surface area contributed by atoms with Gasteiger partial charge in [0.1, 0.15) is 10.8 Å². The fourth-order valence-electron chi connectivity index (χ4n) is 2.69. The van der Waals surface area contributed by atoms with Crippen LogP contribution in [0.5, 0.6) is 5.88 Å². The van der Waals surface area contributed by atoms with Crippen molar-refractivity contribution >= 4 is 17.7 Å². The Hall–Kier alpha value is -2.15. The molecule has 1 aliphatic heterocycles. The van der Waals surface area contributed by atoms with Crippen LogP contribution in [-0.2, 0) is 0 Å². The molecule has 24 heavy (non-hydrogen) atoms. The lowest BCUT2D eigenvalue weighted by molar-refractivity contribution is 0.0778. The van der Waals surface area contributed by atoms with Gasteiger partial charge in [0.2, 0.25) is 5.88 Å². The molecule has 1 amide bonds. The fourth-order valence-corrected chi connectivity index (χ4v) is 3.23. The first kappa shape index (κ1) is 16.7. The summed E-state index contributed by atoms with van der Waals surface area (Å²) >= 11 is 1.47. The maximum Gasteiger partial charge on any atom is 0.256 e. The number of carbonyl (C=O) groups excluding carboxylic acids is 1. The summed E-state index contributed by atoms with van der Waals surface area (Å²) in [5, 5.41) is 0.748. The van der Waals surface area contributed by atoms with Gasteiger partial charge in [0.05, 0.1) is 18.4 Å². The summed E-state index contributed by atoms with van der Waals surface area (Å²) < 4.78 is 18.4. The van der Waals surface area contributed by atoms with Crippen LogP contribution in [0.3, 0.4) is 0 Å². The molecule has 0 aromatic carbocycles. The van der Waals surface area contributed by atoms with Gasteiger partial charge in [-0.2, -0.15) is 0 Å². The highest BCUT2D eigenvalue weighted by Gasteiger charge is 2.28. The molecule has 0 spiro atoms. The predicted molar refractivity (Wildman–Crippen MR) is 89.7 cm³/mol. The van der Waals surface area contributed by atoms with Gasteiger partial charge in [-0.05, 0) is 30.9 Å². The fraction of sp³-hybridized carbons (Fsp3) is 0.353. The Balaban J connectivity index is 1.57. The maximum absolute atomic E-state index is 12.8. The minimum atomic E-state index is -0.388. The van der Waals surface area contributed by atoms with E-state index in [0.717, 1.165) is 17.6 Å². The number of ether oxygens (including phenoxy) is 1. The van der Waals surface area contributed by atoms with Gasteiger partial charge < -0.3 is 9.64 Å². The summed E-state index contributed by atoms with van der Waals surface area (Å²) in [6, 6.07) is 6.42. The number of rotatable bonds is 5. The molecular weight excluding hydrogens is 329 g/mol. The molecule has 0 N–H and O–H groups in total. The quantitative estimate of drug-likeness (QED) is 0.779. The number of amides is 1. The standard InChI is InChI=1S/C17H18FN3O2S/c1-24-16-14(3-2-7-19-16)17(22)21-8-6-12(10-21)11-23-15-5-4-13(18)9-20-15/h2-5,7,9,12H,6,8,10-11H2,1H3. The Labute approximate surface area is 144 Å². The second-order valence-corrected chi connectivity index (χ2v) is 6.39. The van der Waals surface area contributed by atoms with Gasteiger partial charge in [-0.15, -0.1) is 11.8 Å². The largest absolute Gasteiger partial charge is 0.477 e. The van der Waals surface area contributed by atoms with Gasteiger partial charge in [-0.1, -0.05) is 0 Å². The second-order valence-electron chi connectivity index (χ2n) is 5.59. The zero-order chi connectivity index (χ0) is 16.9. The lowest BCUT2D eigenvalue weighted by Crippen LogP contribution is -2.30. The number of hydrogen-bond acceptors (Lipinski definition) is 5. The first-order chi connectivity index (χ1) is 11.7. The average Bonchev–Trinajstić information content (AvgIpc) is 3.09. The summed E-state index contributed by atoms with van der Waals surface area (Å²) in [6.45, 7) is 1.81. The third-order valence-corrected chi connectivity index (χ3v) is 4.65. The van der Waals surface area contributed by atoms with Crippen molar-refractivity contribution in [2.45, 2.75) is 11.4 Å². The summed E-state index contributed by atoms with van der Waals surface area (Å²) in [4.78, 5) is 22.6. The topological polar surface area (TPSA) is 55.3 Å². The normalized spacial score (nSPS) is 17.1. The van der Waals surface area contributed by atoms with E-state index in [2.05, 4.69) is 9.97 Å². The van der Waals surface area contributed by atoms with Crippen molar-refractivity contribution in [1.82, 2.24) is 14.9 Å². The van der Waals surface area contributed by atoms with E-state index < -0.39 is 0 Å². The molecule has 0 saturated carbocycles. The number of nitrogens with zero attached hydrogens (tertiary/aromatic N) is 3. The molecule has 2 aromatic heterocycles. The van der Waals surface area contributed by atoms with Crippen LogP contribution < -0.4 is 4.74 Å². The van der Waals surface area contributed by atoms with E-state index in [4.69, 9.17) is 4.74 Å². The minimum absolute atomic E-state index is 0.00913. The van der Waals surface area contributed by atoms with Crippen LogP contribution in [0.1, 0.15) is 16.8 Å². The number of aromatic nitrogens is 2. The van der Waals surface area contributed by atoms with Crippen molar-refractivity contribution in [3.05, 3.63) is 48.0 Å². The van der Waals surface area contributed by atoms with Crippen LogP contribution in [-0.4, -0.2) is 46.7 Å². The van der Waals surface area contributed by atoms with E-state index in [9.17, 15) is 9.18 Å². The van der Waals surface area contributed by atoms with Crippen molar-refractivity contribution in [3.63, 3.8) is 0 Å². The molecule has 1 saturated heterocycles. The molecule has 1 aliphatic rings. The number of halogens is 1. The number of carbonyl (C=O) groups is 1. The molecule has 5 nitrogen and oxygen atoms in total. The Morgan fingerprint density at radius 3 is 3.04 bits per heavy atom. The summed E-state index contributed by atoms with van der Waals surface area (Å²) in [7, 11) is 0. The van der Waals surface area contributed by atoms with E-state index >= 15 is 0 Å². The number of thioether (sulfide) groups is 1. The predicted octanol–water partition coefficient (Wildman–Crippen LogP) is 2.88. The first-order valence-corrected chi connectivity index (χ1v) is 8.92. The highest BCUT2D eigenvalue weighted by Crippen LogP contribution is 2.23. The molecule has 1 fully saturated rings. The van der Waals surface area contributed by atoms with Crippen LogP contribution in [0.4, 0.5) is 4.39 Å². The lowest BCUT2D eigenvalue weighted by atomic mass is 10.1. The van der Waals surface area contributed by atoms with Crippen molar-refractivity contribution in [3.8, 4) is 5.88 Å². The first-order valence-electron chi connectivity index (χ1n) is 7.70. The summed E-state index contributed by atoms with van der Waals surface area (Å²) in [5.74, 6) is 0.268. The highest BCUT2D eigenvalue weighted by molar-refractivity contribution is 7.98. The second kappa shape index (κ2) is 7.61. The molecular formula is C17H18FN3O2S. The van der Waals surface area contributed by atoms with Gasteiger partial charge in [-0.25, -0.2) is 14.4 Å². The molecule has 126 valence electrons. The maximum atomic E-state index is 12.8. The van der Waals surface area contributed by atoms with Gasteiger partial charge in [0, 0.05) is 31.3 Å². The Bertz CT molecular complexity index is 711. The van der Waals surface area contributed by atoms with Crippen molar-refractivity contribution in [2.75, 3.05) is 26.0 Å². The van der Waals surface area contributed by atoms with E-state index in [1.54, 1.807) is 12.3 Å². The van der Waals surface area contributed by atoms with Gasteiger partial charge >= 0.3 is 0 Å². The smallest absolute Gasteiger partial charge is 0.256 e. The molecule has 0 aliphatic carbocycles. The van der Waals surface area contributed by atoms with Crippen LogP contribution in [0.25, 0.3) is 0 Å². The van der Waals surface area contributed by atoms with E-state index in [1.807, 2.05) is 17.2 Å². The molecule has 0 radical (unpaired) electrons. The number of pyridine rings is 2. The minimum Gasteiger partial charge on any atom is -0.477 e. The number of hydrogen-bond donors (Lipinski definition) is 0. The van der Waals surface area contributed by atoms with Crippen LogP contribution >= 0.6 is 11.8 Å². The molecule has 1 unspecified atom stereocenters. The summed E-state index contributed by atoms with van der Waals surface area (Å²) in [6.07, 6.45) is 5.61. The van der Waals surface area contributed by atoms with E-state index in [1.165, 1.54) is 23.9 Å². The van der Waals surface area contributed by atoms with Crippen LogP contribution in [0.15, 0.2) is 41.7 Å². The third kappa shape index (κ3) is 3.84. The zero-order valence-corrected chi connectivity index (χ0v) is 14.1. The van der Waals surface area contributed by atoms with Crippen LogP contribution in [0.2, 0.25) is 0 Å². The van der Waals surface area contributed by atoms with Gasteiger partial charge in [-0.3, -0.25) is 4.79 Å². The van der Waals surface area contributed by atoms with E-state index in [0.29, 0.717) is 31.1 Å². The van der Waals surface area contributed by atoms with Crippen molar-refractivity contribution < 1.29 is 13.9 Å². The Morgan fingerprint density at radius 2 is 2.29 bits per heavy atom. The molecule has 0 bridgehead atoms. The molecule has 7 heteroatoms. The average molecular weight is 347 g/mol. The van der Waals surface area contributed by atoms with Crippen molar-refractivity contribution in [1.29, 1.82) is 0 Å². The monoisotopic (exact) mass is 347 g/mol. The van der Waals surface area contributed by atoms with Gasteiger partial charge in [0.25, 0.3) is 5.91 Å². The molecule has 3 rings (SSSR count). The molecule has 3 heterocycles. The lowest BCUT2D eigenvalue weighted by Gasteiger charge is -2.17. The molecule has 2 aromatic rings. The highest BCUT2D eigenvalue weighted by atomic mass is 32.2. The van der Waals surface area contributed by atoms with Gasteiger partial charge in [0.15, 0.2) is 0 Å². The summed E-state index contributed by atoms with van der Waals surface area (Å²) in [5.41, 5.74) is 0.645. The van der Waals surface area contributed by atoms with Crippen molar-refractivity contribution in [2.24, 2.45) is 5.92 Å². The zero-order valence-electron chi connectivity index (χ0n) is 13.3. The Morgan fingerprint density at radius 1 is 1.42 bits per heavy atom. The molecule has 1 atom stereocenters. The van der Waals surface area contributed by atoms with Crippen LogP contribution in [0, 0.1) is 11.7 Å². The van der Waals surface area contributed by atoms with E-state index in [-0.39, 0.29) is 17.6 Å². The Kier molecular flexibility index (Phi) is 5.30. The SMILES string of the molecule is CSc1ncccc1C(=O)N1CCC(COc2ccc(F)cn2)C1. The third-order valence-electron chi connectivity index (χ3n) is 3.94. The number of likely N-dealkylation sites (tertiary alicyclic amines) is 1.